The molecule has 0 rings (SSSR count). The molecule has 0 aromatic heterocycles. The largest absolute Gasteiger partial charge is 0.378 e. The van der Waals surface area contributed by atoms with Gasteiger partial charge in [-0.15, -0.1) is 0 Å². The Kier molecular flexibility index (Phi) is 10.1. The highest BCUT2D eigenvalue weighted by molar-refractivity contribution is 4.96. The van der Waals surface area contributed by atoms with Crippen LogP contribution in [0.3, 0.4) is 0 Å². The maximum Gasteiger partial charge on any atom is 0.0224 e. The summed E-state index contributed by atoms with van der Waals surface area (Å²) in [4.78, 5) is 2.23. The molecule has 12 heavy (non-hydrogen) atoms. The summed E-state index contributed by atoms with van der Waals surface area (Å²) >= 11 is 0. The average molecular weight is 171 g/mol. The molecule has 0 aliphatic heterocycles. The molecule has 0 aromatic carbocycles. The lowest BCUT2D eigenvalue weighted by Gasteiger charge is -2.19. The summed E-state index contributed by atoms with van der Waals surface area (Å²) in [6, 6.07) is 0.612. The van der Waals surface area contributed by atoms with Gasteiger partial charge in [0.2, 0.25) is 0 Å². The fraction of sp³-hybridized carbons (Fsp3) is 0.818. The lowest BCUT2D eigenvalue weighted by atomic mass is 10.2. The molecule has 0 saturated carbocycles. The lowest BCUT2D eigenvalue weighted by Crippen LogP contribution is -2.20. The van der Waals surface area contributed by atoms with Gasteiger partial charge in [0.05, 0.1) is 0 Å². The van der Waals surface area contributed by atoms with Crippen molar-refractivity contribution in [2.24, 2.45) is 0 Å². The van der Waals surface area contributed by atoms with Gasteiger partial charge < -0.3 is 4.90 Å². The molecule has 0 fully saturated rings. The topological polar surface area (TPSA) is 3.24 Å². The zero-order valence-electron chi connectivity index (χ0n) is 9.81. The van der Waals surface area contributed by atoms with Crippen molar-refractivity contribution in [3.05, 3.63) is 11.8 Å². The molecule has 0 unspecified atom stereocenters. The predicted molar refractivity (Wildman–Crippen MR) is 58.3 cm³/mol. The molecule has 74 valence electrons. The van der Waals surface area contributed by atoms with E-state index >= 15 is 0 Å². The summed E-state index contributed by atoms with van der Waals surface area (Å²) in [7, 11) is 2.11. The highest BCUT2D eigenvalue weighted by Gasteiger charge is 1.96. The Morgan fingerprint density at radius 3 is 2.00 bits per heavy atom. The van der Waals surface area contributed by atoms with E-state index in [4.69, 9.17) is 0 Å². The molecule has 0 amide bonds. The van der Waals surface area contributed by atoms with Gasteiger partial charge in [-0.05, 0) is 33.4 Å². The zero-order chi connectivity index (χ0) is 10.1. The van der Waals surface area contributed by atoms with E-state index < -0.39 is 0 Å². The fourth-order valence-corrected chi connectivity index (χ4v) is 0.588. The standard InChI is InChI=1S/C9H19N.C2H6/c1-6-9(4)7-10(5)8(2)3;1-2/h7-8H,6H2,1-5H3;1-2H3/b9-7+;. The molecule has 0 saturated heterocycles. The summed E-state index contributed by atoms with van der Waals surface area (Å²) in [5, 5.41) is 0. The highest BCUT2D eigenvalue weighted by Crippen LogP contribution is 2.02. The van der Waals surface area contributed by atoms with E-state index in [1.54, 1.807) is 0 Å². The second-order valence-electron chi connectivity index (χ2n) is 3.09. The van der Waals surface area contributed by atoms with Gasteiger partial charge in [0.25, 0.3) is 0 Å². The molecule has 0 radical (unpaired) electrons. The van der Waals surface area contributed by atoms with E-state index in [1.807, 2.05) is 13.8 Å². The number of rotatable bonds is 3. The average Bonchev–Trinajstić information content (AvgIpc) is 2.07. The number of allylic oxidation sites excluding steroid dienone is 1. The minimum atomic E-state index is 0.612. The van der Waals surface area contributed by atoms with E-state index in [9.17, 15) is 0 Å². The summed E-state index contributed by atoms with van der Waals surface area (Å²) in [6.07, 6.45) is 3.36. The van der Waals surface area contributed by atoms with E-state index in [0.717, 1.165) is 6.42 Å². The van der Waals surface area contributed by atoms with Gasteiger partial charge in [-0.25, -0.2) is 0 Å². The first-order valence-electron chi connectivity index (χ1n) is 4.97. The van der Waals surface area contributed by atoms with Crippen molar-refractivity contribution < 1.29 is 0 Å². The molecule has 0 bridgehead atoms. The third-order valence-corrected chi connectivity index (χ3v) is 1.80. The van der Waals surface area contributed by atoms with Gasteiger partial charge in [-0.1, -0.05) is 26.3 Å². The molecule has 0 N–H and O–H groups in total. The fourth-order valence-electron chi connectivity index (χ4n) is 0.588. The van der Waals surface area contributed by atoms with Crippen molar-refractivity contribution >= 4 is 0 Å². The molecule has 0 atom stereocenters. The third-order valence-electron chi connectivity index (χ3n) is 1.80. The molecule has 1 heteroatoms. The van der Waals surface area contributed by atoms with Gasteiger partial charge in [0.1, 0.15) is 0 Å². The molecule has 0 spiro atoms. The van der Waals surface area contributed by atoms with Gasteiger partial charge in [-0.2, -0.15) is 0 Å². The molecule has 0 aliphatic carbocycles. The van der Waals surface area contributed by atoms with Crippen molar-refractivity contribution in [1.82, 2.24) is 4.90 Å². The molecular weight excluding hydrogens is 146 g/mol. The molecule has 0 aliphatic rings. The number of hydrogen-bond donors (Lipinski definition) is 0. The van der Waals surface area contributed by atoms with Crippen LogP contribution in [0, 0.1) is 0 Å². The smallest absolute Gasteiger partial charge is 0.0224 e. The van der Waals surface area contributed by atoms with E-state index in [1.165, 1.54) is 5.57 Å². The minimum Gasteiger partial charge on any atom is -0.378 e. The van der Waals surface area contributed by atoms with Crippen LogP contribution in [0.5, 0.6) is 0 Å². The monoisotopic (exact) mass is 171 g/mol. The van der Waals surface area contributed by atoms with E-state index in [2.05, 4.69) is 45.8 Å². The Balaban J connectivity index is 0. The Labute approximate surface area is 78.5 Å². The summed E-state index contributed by atoms with van der Waals surface area (Å²) in [6.45, 7) is 12.7. The third kappa shape index (κ3) is 7.64. The summed E-state index contributed by atoms with van der Waals surface area (Å²) < 4.78 is 0. The van der Waals surface area contributed by atoms with Crippen LogP contribution in [0.25, 0.3) is 0 Å². The summed E-state index contributed by atoms with van der Waals surface area (Å²) in [5.74, 6) is 0. The van der Waals surface area contributed by atoms with Crippen LogP contribution < -0.4 is 0 Å². The van der Waals surface area contributed by atoms with Crippen molar-refractivity contribution in [2.45, 2.75) is 54.0 Å². The molecule has 0 aromatic rings. The first kappa shape index (κ1) is 14.1. The first-order chi connectivity index (χ1) is 5.57. The van der Waals surface area contributed by atoms with Gasteiger partial charge in [0, 0.05) is 13.1 Å². The van der Waals surface area contributed by atoms with Crippen molar-refractivity contribution in [3.8, 4) is 0 Å². The normalized spacial score (nSPS) is 10.8. The minimum absolute atomic E-state index is 0.612. The van der Waals surface area contributed by atoms with Crippen LogP contribution in [0.1, 0.15) is 48.0 Å². The molecule has 1 nitrogen and oxygen atoms in total. The highest BCUT2D eigenvalue weighted by atomic mass is 15.1. The van der Waals surface area contributed by atoms with E-state index in [0.29, 0.717) is 6.04 Å². The Hall–Kier alpha value is -0.460. The van der Waals surface area contributed by atoms with Crippen LogP contribution in [-0.4, -0.2) is 18.0 Å². The molecular formula is C11H25N. The van der Waals surface area contributed by atoms with Gasteiger partial charge in [-0.3, -0.25) is 0 Å². The van der Waals surface area contributed by atoms with Gasteiger partial charge in [0.15, 0.2) is 0 Å². The Bertz CT molecular complexity index is 114. The van der Waals surface area contributed by atoms with Crippen molar-refractivity contribution in [1.29, 1.82) is 0 Å². The van der Waals surface area contributed by atoms with Crippen LogP contribution in [0.15, 0.2) is 11.8 Å². The first-order valence-corrected chi connectivity index (χ1v) is 4.97. The SMILES string of the molecule is CC.CC/C(C)=C/N(C)C(C)C. The van der Waals surface area contributed by atoms with Crippen molar-refractivity contribution in [3.63, 3.8) is 0 Å². The number of nitrogens with zero attached hydrogens (tertiary/aromatic N) is 1. The van der Waals surface area contributed by atoms with Crippen LogP contribution in [0.4, 0.5) is 0 Å². The second-order valence-corrected chi connectivity index (χ2v) is 3.09. The molecule has 0 heterocycles. The second kappa shape index (κ2) is 8.63. The Morgan fingerprint density at radius 1 is 1.33 bits per heavy atom. The van der Waals surface area contributed by atoms with Crippen LogP contribution >= 0.6 is 0 Å². The van der Waals surface area contributed by atoms with Crippen LogP contribution in [0.2, 0.25) is 0 Å². The predicted octanol–water partition coefficient (Wildman–Crippen LogP) is 3.67. The maximum atomic E-state index is 2.23. The van der Waals surface area contributed by atoms with Gasteiger partial charge >= 0.3 is 0 Å². The van der Waals surface area contributed by atoms with E-state index in [-0.39, 0.29) is 0 Å². The maximum absolute atomic E-state index is 2.23. The number of hydrogen-bond acceptors (Lipinski definition) is 1. The van der Waals surface area contributed by atoms with Crippen LogP contribution in [-0.2, 0) is 0 Å². The Morgan fingerprint density at radius 2 is 1.75 bits per heavy atom. The zero-order valence-corrected chi connectivity index (χ0v) is 9.81. The quantitative estimate of drug-likeness (QED) is 0.626. The van der Waals surface area contributed by atoms with Crippen molar-refractivity contribution in [2.75, 3.05) is 7.05 Å². The lowest BCUT2D eigenvalue weighted by molar-refractivity contribution is 0.372. The summed E-state index contributed by atoms with van der Waals surface area (Å²) in [5.41, 5.74) is 1.44.